The topological polar surface area (TPSA) is 67.9 Å². The van der Waals surface area contributed by atoms with Gasteiger partial charge in [-0.3, -0.25) is 0 Å². The zero-order chi connectivity index (χ0) is 16.9. The molecular weight excluding hydrogens is 323 g/mol. The van der Waals surface area contributed by atoms with E-state index in [1.807, 2.05) is 0 Å². The van der Waals surface area contributed by atoms with Crippen LogP contribution in [0.1, 0.15) is 12.8 Å². The van der Waals surface area contributed by atoms with E-state index < -0.39 is 15.8 Å². The standard InChI is InChI=1S/C15H23FN2O4S/c1-17-11-13-4-3-7-18(13)23(19,20)15-10-12(16)5-6-14(15)22-9-8-21-2/h5-6,10,13,17H,3-4,7-9,11H2,1-2H3. The maximum Gasteiger partial charge on any atom is 0.247 e. The molecule has 1 N–H and O–H groups in total. The molecule has 1 aromatic carbocycles. The summed E-state index contributed by atoms with van der Waals surface area (Å²) in [6.45, 7) is 1.52. The summed E-state index contributed by atoms with van der Waals surface area (Å²) in [4.78, 5) is -0.128. The Labute approximate surface area is 136 Å². The van der Waals surface area contributed by atoms with Gasteiger partial charge in [0.1, 0.15) is 23.1 Å². The number of hydrogen-bond acceptors (Lipinski definition) is 5. The van der Waals surface area contributed by atoms with Gasteiger partial charge in [-0.1, -0.05) is 0 Å². The van der Waals surface area contributed by atoms with E-state index in [9.17, 15) is 12.8 Å². The number of ether oxygens (including phenoxy) is 2. The number of sulfonamides is 1. The molecule has 1 aliphatic rings. The number of likely N-dealkylation sites (N-methyl/N-ethyl adjacent to an activating group) is 1. The fraction of sp³-hybridized carbons (Fsp3) is 0.600. The van der Waals surface area contributed by atoms with E-state index in [1.165, 1.54) is 23.5 Å². The van der Waals surface area contributed by atoms with Crippen molar-refractivity contribution in [3.63, 3.8) is 0 Å². The van der Waals surface area contributed by atoms with Gasteiger partial charge in [0.2, 0.25) is 10.0 Å². The Morgan fingerprint density at radius 3 is 2.87 bits per heavy atom. The molecule has 1 saturated heterocycles. The molecule has 0 amide bonds. The van der Waals surface area contributed by atoms with Gasteiger partial charge in [-0.05, 0) is 38.1 Å². The van der Waals surface area contributed by atoms with Crippen molar-refractivity contribution >= 4 is 10.0 Å². The normalized spacial score (nSPS) is 19.2. The van der Waals surface area contributed by atoms with Gasteiger partial charge in [0.05, 0.1) is 6.61 Å². The van der Waals surface area contributed by atoms with Crippen LogP contribution in [-0.2, 0) is 14.8 Å². The number of halogens is 1. The molecule has 1 atom stereocenters. The predicted molar refractivity (Wildman–Crippen MR) is 84.6 cm³/mol. The Kier molecular flexibility index (Phi) is 6.34. The van der Waals surface area contributed by atoms with Crippen LogP contribution in [0.5, 0.6) is 5.75 Å². The Morgan fingerprint density at radius 1 is 1.39 bits per heavy atom. The smallest absolute Gasteiger partial charge is 0.247 e. The average Bonchev–Trinajstić information content (AvgIpc) is 2.98. The Morgan fingerprint density at radius 2 is 2.17 bits per heavy atom. The molecule has 0 radical (unpaired) electrons. The van der Waals surface area contributed by atoms with Crippen LogP contribution in [0.25, 0.3) is 0 Å². The van der Waals surface area contributed by atoms with Gasteiger partial charge in [-0.15, -0.1) is 0 Å². The van der Waals surface area contributed by atoms with Crippen molar-refractivity contribution in [2.75, 3.05) is 40.5 Å². The molecule has 0 spiro atoms. The maximum absolute atomic E-state index is 13.6. The number of nitrogens with zero attached hydrogens (tertiary/aromatic N) is 1. The van der Waals surface area contributed by atoms with Crippen molar-refractivity contribution in [3.8, 4) is 5.75 Å². The monoisotopic (exact) mass is 346 g/mol. The molecule has 23 heavy (non-hydrogen) atoms. The lowest BCUT2D eigenvalue weighted by Crippen LogP contribution is -2.40. The second-order valence-electron chi connectivity index (χ2n) is 5.40. The average molecular weight is 346 g/mol. The van der Waals surface area contributed by atoms with Crippen molar-refractivity contribution in [1.29, 1.82) is 0 Å². The second-order valence-corrected chi connectivity index (χ2v) is 7.26. The van der Waals surface area contributed by atoms with Crippen LogP contribution in [0.4, 0.5) is 4.39 Å². The first-order valence-corrected chi connectivity index (χ1v) is 9.02. The van der Waals surface area contributed by atoms with E-state index in [0.717, 1.165) is 18.9 Å². The minimum Gasteiger partial charge on any atom is -0.490 e. The summed E-state index contributed by atoms with van der Waals surface area (Å²) >= 11 is 0. The molecule has 130 valence electrons. The van der Waals surface area contributed by atoms with Gasteiger partial charge < -0.3 is 14.8 Å². The van der Waals surface area contributed by atoms with Crippen LogP contribution in [0, 0.1) is 5.82 Å². The van der Waals surface area contributed by atoms with Crippen LogP contribution in [0.2, 0.25) is 0 Å². The van der Waals surface area contributed by atoms with Crippen LogP contribution in [0.15, 0.2) is 23.1 Å². The first-order valence-electron chi connectivity index (χ1n) is 7.58. The molecule has 0 aromatic heterocycles. The quantitative estimate of drug-likeness (QED) is 0.717. The van der Waals surface area contributed by atoms with Gasteiger partial charge in [0.25, 0.3) is 0 Å². The molecule has 1 heterocycles. The molecule has 2 rings (SSSR count). The summed E-state index contributed by atoms with van der Waals surface area (Å²) < 4.78 is 51.3. The number of rotatable bonds is 8. The first-order chi connectivity index (χ1) is 11.0. The third kappa shape index (κ3) is 4.20. The van der Waals surface area contributed by atoms with Gasteiger partial charge in [-0.2, -0.15) is 4.31 Å². The summed E-state index contributed by atoms with van der Waals surface area (Å²) in [5.74, 6) is -0.453. The zero-order valence-electron chi connectivity index (χ0n) is 13.4. The van der Waals surface area contributed by atoms with Crippen LogP contribution >= 0.6 is 0 Å². The van der Waals surface area contributed by atoms with Crippen molar-refractivity contribution in [3.05, 3.63) is 24.0 Å². The molecule has 1 fully saturated rings. The van der Waals surface area contributed by atoms with Crippen molar-refractivity contribution in [1.82, 2.24) is 9.62 Å². The first kappa shape index (κ1) is 18.1. The van der Waals surface area contributed by atoms with Crippen LogP contribution in [0.3, 0.4) is 0 Å². The lowest BCUT2D eigenvalue weighted by molar-refractivity contribution is 0.144. The van der Waals surface area contributed by atoms with Gasteiger partial charge in [0.15, 0.2) is 0 Å². The highest BCUT2D eigenvalue weighted by atomic mass is 32.2. The molecule has 1 aromatic rings. The minimum absolute atomic E-state index is 0.125. The Hall–Kier alpha value is -1.22. The van der Waals surface area contributed by atoms with E-state index in [4.69, 9.17) is 9.47 Å². The number of nitrogens with one attached hydrogen (secondary N) is 1. The van der Waals surface area contributed by atoms with Crippen LogP contribution in [-0.4, -0.2) is 59.2 Å². The third-order valence-electron chi connectivity index (χ3n) is 3.80. The van der Waals surface area contributed by atoms with E-state index in [2.05, 4.69) is 5.32 Å². The Bertz CT molecular complexity index is 624. The fourth-order valence-corrected chi connectivity index (χ4v) is 4.57. The number of methoxy groups -OCH3 is 1. The maximum atomic E-state index is 13.6. The van der Waals surface area contributed by atoms with Crippen molar-refractivity contribution in [2.24, 2.45) is 0 Å². The lowest BCUT2D eigenvalue weighted by Gasteiger charge is -2.25. The minimum atomic E-state index is -3.81. The molecule has 0 aliphatic carbocycles. The molecule has 1 aliphatic heterocycles. The van der Waals surface area contributed by atoms with Gasteiger partial charge in [-0.25, -0.2) is 12.8 Å². The van der Waals surface area contributed by atoms with E-state index in [-0.39, 0.29) is 23.3 Å². The Balaban J connectivity index is 2.32. The molecule has 1 unspecified atom stereocenters. The summed E-state index contributed by atoms with van der Waals surface area (Å²) in [5, 5.41) is 3.00. The fourth-order valence-electron chi connectivity index (χ4n) is 2.73. The SMILES string of the molecule is CNCC1CCCN1S(=O)(=O)c1cc(F)ccc1OCCOC. The summed E-state index contributed by atoms with van der Waals surface area (Å²) in [7, 11) is -0.504. The summed E-state index contributed by atoms with van der Waals surface area (Å²) in [6.07, 6.45) is 1.58. The zero-order valence-corrected chi connectivity index (χ0v) is 14.2. The molecule has 0 saturated carbocycles. The molecule has 8 heteroatoms. The molecular formula is C15H23FN2O4S. The summed E-state index contributed by atoms with van der Waals surface area (Å²) in [6, 6.07) is 3.43. The van der Waals surface area contributed by atoms with E-state index in [0.29, 0.717) is 19.7 Å². The van der Waals surface area contributed by atoms with Crippen molar-refractivity contribution in [2.45, 2.75) is 23.8 Å². The number of hydrogen-bond donors (Lipinski definition) is 1. The highest BCUT2D eigenvalue weighted by Gasteiger charge is 2.36. The predicted octanol–water partition coefficient (Wildman–Crippen LogP) is 1.22. The molecule has 0 bridgehead atoms. The van der Waals surface area contributed by atoms with Gasteiger partial charge >= 0.3 is 0 Å². The van der Waals surface area contributed by atoms with E-state index in [1.54, 1.807) is 7.05 Å². The van der Waals surface area contributed by atoms with E-state index >= 15 is 0 Å². The van der Waals surface area contributed by atoms with Gasteiger partial charge in [0, 0.05) is 26.2 Å². The highest BCUT2D eigenvalue weighted by molar-refractivity contribution is 7.89. The second kappa shape index (κ2) is 8.05. The third-order valence-corrected chi connectivity index (χ3v) is 5.77. The highest BCUT2D eigenvalue weighted by Crippen LogP contribution is 2.32. The molecule has 6 nitrogen and oxygen atoms in total. The number of benzene rings is 1. The van der Waals surface area contributed by atoms with Crippen molar-refractivity contribution < 1.29 is 22.3 Å². The summed E-state index contributed by atoms with van der Waals surface area (Å²) in [5.41, 5.74) is 0. The lowest BCUT2D eigenvalue weighted by atomic mass is 10.2. The largest absolute Gasteiger partial charge is 0.490 e. The van der Waals surface area contributed by atoms with Crippen LogP contribution < -0.4 is 10.1 Å².